The zero-order valence-corrected chi connectivity index (χ0v) is 12.5. The molecule has 23 heavy (non-hydrogen) atoms. The highest BCUT2D eigenvalue weighted by Gasteiger charge is 2.24. The van der Waals surface area contributed by atoms with Crippen LogP contribution in [0.2, 0.25) is 0 Å². The summed E-state index contributed by atoms with van der Waals surface area (Å²) in [5.41, 5.74) is 8.81. The molecule has 1 atom stereocenters. The Morgan fingerprint density at radius 1 is 1.26 bits per heavy atom. The molecule has 5 nitrogen and oxygen atoms in total. The van der Waals surface area contributed by atoms with E-state index in [4.69, 9.17) is 14.9 Å². The molecule has 0 saturated carbocycles. The molecule has 2 N–H and O–H groups in total. The number of furan rings is 1. The number of rotatable bonds is 2. The lowest BCUT2D eigenvalue weighted by Crippen LogP contribution is -2.06. The summed E-state index contributed by atoms with van der Waals surface area (Å²) < 4.78 is 11.3. The van der Waals surface area contributed by atoms with Crippen LogP contribution >= 0.6 is 0 Å². The predicted octanol–water partition coefficient (Wildman–Crippen LogP) is 3.45. The number of nitrogen functional groups attached to an aromatic ring is 1. The number of pyridine rings is 1. The molecule has 0 spiro atoms. The summed E-state index contributed by atoms with van der Waals surface area (Å²) in [4.78, 5) is 4.36. The molecule has 4 rings (SSSR count). The van der Waals surface area contributed by atoms with Crippen molar-refractivity contribution in [1.82, 2.24) is 4.98 Å². The minimum Gasteiger partial charge on any atom is -0.454 e. The molecule has 1 aromatic carbocycles. The fourth-order valence-corrected chi connectivity index (χ4v) is 3.04. The van der Waals surface area contributed by atoms with Gasteiger partial charge in [0.1, 0.15) is 23.2 Å². The number of hydrogen-bond donors (Lipinski definition) is 1. The van der Waals surface area contributed by atoms with Crippen LogP contribution < -0.4 is 5.73 Å². The average Bonchev–Trinajstić information content (AvgIpc) is 3.23. The van der Waals surface area contributed by atoms with Crippen LogP contribution in [-0.4, -0.2) is 18.2 Å². The van der Waals surface area contributed by atoms with Gasteiger partial charge in [0.15, 0.2) is 5.76 Å². The number of anilines is 1. The van der Waals surface area contributed by atoms with Gasteiger partial charge >= 0.3 is 0 Å². The van der Waals surface area contributed by atoms with Crippen LogP contribution in [0.4, 0.5) is 5.82 Å². The van der Waals surface area contributed by atoms with Crippen LogP contribution in [0.3, 0.4) is 0 Å². The molecular formula is C18H15N3O2. The number of nitriles is 1. The summed E-state index contributed by atoms with van der Waals surface area (Å²) >= 11 is 0. The van der Waals surface area contributed by atoms with E-state index in [2.05, 4.69) is 11.1 Å². The first-order valence-corrected chi connectivity index (χ1v) is 7.53. The van der Waals surface area contributed by atoms with Crippen LogP contribution in [0, 0.1) is 11.3 Å². The second kappa shape index (κ2) is 5.41. The van der Waals surface area contributed by atoms with Gasteiger partial charge in [-0.15, -0.1) is 0 Å². The Bertz CT molecular complexity index is 885. The van der Waals surface area contributed by atoms with E-state index in [1.165, 1.54) is 0 Å². The molecule has 3 heterocycles. The zero-order chi connectivity index (χ0) is 15.8. The summed E-state index contributed by atoms with van der Waals surface area (Å²) in [6.07, 6.45) is 0.887. The Kier molecular flexibility index (Phi) is 3.25. The summed E-state index contributed by atoms with van der Waals surface area (Å²) in [5, 5.41) is 10.4. The van der Waals surface area contributed by atoms with Crippen molar-refractivity contribution in [3.63, 3.8) is 0 Å². The molecular weight excluding hydrogens is 290 g/mol. The van der Waals surface area contributed by atoms with E-state index in [0.717, 1.165) is 23.0 Å². The fourth-order valence-electron chi connectivity index (χ4n) is 3.04. The molecule has 0 radical (unpaired) electrons. The number of fused-ring (bicyclic) bond motifs is 1. The Balaban J connectivity index is 1.87. The first kappa shape index (κ1) is 13.8. The minimum absolute atomic E-state index is 0.179. The molecule has 1 fully saturated rings. The zero-order valence-electron chi connectivity index (χ0n) is 12.5. The van der Waals surface area contributed by atoms with Gasteiger partial charge in [-0.1, -0.05) is 18.2 Å². The molecule has 1 unspecified atom stereocenters. The summed E-state index contributed by atoms with van der Waals surface area (Å²) in [5.74, 6) is 1.08. The van der Waals surface area contributed by atoms with Gasteiger partial charge in [-0.05, 0) is 30.2 Å². The molecule has 3 aromatic rings. The lowest BCUT2D eigenvalue weighted by molar-refractivity contribution is 0.194. The average molecular weight is 305 g/mol. The fraction of sp³-hybridized carbons (Fsp3) is 0.222. The Labute approximate surface area is 133 Å². The van der Waals surface area contributed by atoms with Crippen LogP contribution in [0.5, 0.6) is 0 Å². The molecule has 0 aliphatic carbocycles. The molecule has 0 amide bonds. The molecule has 1 aliphatic heterocycles. The van der Waals surface area contributed by atoms with Gasteiger partial charge in [0.2, 0.25) is 0 Å². The largest absolute Gasteiger partial charge is 0.454 e. The second-order valence-corrected chi connectivity index (χ2v) is 5.68. The maximum Gasteiger partial charge on any atom is 0.153 e. The number of hydrogen-bond acceptors (Lipinski definition) is 5. The number of para-hydroxylation sites is 1. The van der Waals surface area contributed by atoms with Crippen molar-refractivity contribution in [1.29, 1.82) is 5.26 Å². The quantitative estimate of drug-likeness (QED) is 0.783. The van der Waals surface area contributed by atoms with Gasteiger partial charge in [-0.3, -0.25) is 0 Å². The summed E-state index contributed by atoms with van der Waals surface area (Å²) in [6.45, 7) is 1.31. The maximum atomic E-state index is 9.40. The normalized spacial score (nSPS) is 17.4. The number of aromatic nitrogens is 1. The third-order valence-corrected chi connectivity index (χ3v) is 4.24. The third-order valence-electron chi connectivity index (χ3n) is 4.24. The molecule has 114 valence electrons. The SMILES string of the molecule is N#Cc1c(C2CCOC2)cc(-c2cc3ccccc3o2)nc1N. The van der Waals surface area contributed by atoms with Crippen molar-refractivity contribution in [2.45, 2.75) is 12.3 Å². The number of nitrogens with two attached hydrogens (primary N) is 1. The van der Waals surface area contributed by atoms with Crippen LogP contribution in [-0.2, 0) is 4.74 Å². The smallest absolute Gasteiger partial charge is 0.153 e. The van der Waals surface area contributed by atoms with Gasteiger partial charge < -0.3 is 14.9 Å². The van der Waals surface area contributed by atoms with E-state index < -0.39 is 0 Å². The summed E-state index contributed by atoms with van der Waals surface area (Å²) in [6, 6.07) is 13.8. The van der Waals surface area contributed by atoms with E-state index in [-0.39, 0.29) is 11.7 Å². The minimum atomic E-state index is 0.179. The van der Waals surface area contributed by atoms with Crippen molar-refractivity contribution >= 4 is 16.8 Å². The highest BCUT2D eigenvalue weighted by molar-refractivity contribution is 5.82. The molecule has 1 saturated heterocycles. The first-order valence-electron chi connectivity index (χ1n) is 7.53. The van der Waals surface area contributed by atoms with Crippen LogP contribution in [0.15, 0.2) is 40.8 Å². The van der Waals surface area contributed by atoms with E-state index in [9.17, 15) is 5.26 Å². The van der Waals surface area contributed by atoms with Gasteiger partial charge in [-0.2, -0.15) is 5.26 Å². The van der Waals surface area contributed by atoms with Gasteiger partial charge in [0, 0.05) is 17.9 Å². The number of nitrogens with zero attached hydrogens (tertiary/aromatic N) is 2. The lowest BCUT2D eigenvalue weighted by atomic mass is 9.93. The van der Waals surface area contributed by atoms with E-state index in [1.807, 2.05) is 36.4 Å². The van der Waals surface area contributed by atoms with Crippen molar-refractivity contribution in [3.8, 4) is 17.5 Å². The van der Waals surface area contributed by atoms with Gasteiger partial charge in [-0.25, -0.2) is 4.98 Å². The van der Waals surface area contributed by atoms with Crippen LogP contribution in [0.25, 0.3) is 22.4 Å². The molecule has 1 aliphatic rings. The van der Waals surface area contributed by atoms with Gasteiger partial charge in [0.25, 0.3) is 0 Å². The molecule has 5 heteroatoms. The molecule has 2 aromatic heterocycles. The standard InChI is InChI=1S/C18H15N3O2/c19-9-14-13(12-5-6-22-10-12)8-15(21-18(14)20)17-7-11-3-1-2-4-16(11)23-17/h1-4,7-8,12H,5-6,10H2,(H2,20,21). The number of ether oxygens (including phenoxy) is 1. The van der Waals surface area contributed by atoms with Crippen molar-refractivity contribution < 1.29 is 9.15 Å². The first-order chi connectivity index (χ1) is 11.3. The Hall–Kier alpha value is -2.84. The third kappa shape index (κ3) is 2.33. The van der Waals surface area contributed by atoms with Gasteiger partial charge in [0.05, 0.1) is 12.2 Å². The Morgan fingerprint density at radius 2 is 2.13 bits per heavy atom. The van der Waals surface area contributed by atoms with E-state index >= 15 is 0 Å². The molecule has 0 bridgehead atoms. The highest BCUT2D eigenvalue weighted by Crippen LogP contribution is 2.34. The van der Waals surface area contributed by atoms with Crippen molar-refractivity contribution in [2.75, 3.05) is 18.9 Å². The highest BCUT2D eigenvalue weighted by atomic mass is 16.5. The second-order valence-electron chi connectivity index (χ2n) is 5.68. The topological polar surface area (TPSA) is 85.1 Å². The van der Waals surface area contributed by atoms with Crippen molar-refractivity contribution in [2.24, 2.45) is 0 Å². The van der Waals surface area contributed by atoms with E-state index in [1.54, 1.807) is 0 Å². The monoisotopic (exact) mass is 305 g/mol. The predicted molar refractivity (Wildman–Crippen MR) is 86.7 cm³/mol. The summed E-state index contributed by atoms with van der Waals surface area (Å²) in [7, 11) is 0. The number of benzene rings is 1. The van der Waals surface area contributed by atoms with Crippen LogP contribution in [0.1, 0.15) is 23.5 Å². The lowest BCUT2D eigenvalue weighted by Gasteiger charge is -2.13. The maximum absolute atomic E-state index is 9.40. The Morgan fingerprint density at radius 3 is 2.87 bits per heavy atom. The van der Waals surface area contributed by atoms with E-state index in [0.29, 0.717) is 30.2 Å². The van der Waals surface area contributed by atoms with Crippen molar-refractivity contribution in [3.05, 3.63) is 47.5 Å².